The summed E-state index contributed by atoms with van der Waals surface area (Å²) in [5.41, 5.74) is 0. The van der Waals surface area contributed by atoms with Crippen LogP contribution in [0.5, 0.6) is 11.5 Å². The highest BCUT2D eigenvalue weighted by atomic mass is 127. The summed E-state index contributed by atoms with van der Waals surface area (Å²) in [4.78, 5) is 0. The molecule has 1 N–H and O–H groups in total. The van der Waals surface area contributed by atoms with Crippen molar-refractivity contribution >= 4 is 19.8 Å². The number of halogens is 1. The molecule has 0 saturated heterocycles. The third kappa shape index (κ3) is 5.15. The summed E-state index contributed by atoms with van der Waals surface area (Å²) in [6.45, 7) is 1.73. The van der Waals surface area contributed by atoms with Crippen molar-refractivity contribution in [3.05, 3.63) is 21.8 Å². The Bertz CT molecular complexity index is 435. The van der Waals surface area contributed by atoms with Crippen molar-refractivity contribution in [2.75, 3.05) is 33.5 Å². The van der Waals surface area contributed by atoms with Crippen LogP contribution in [-0.2, 0) is 15.6 Å². The van der Waals surface area contributed by atoms with E-state index in [-0.39, 0.29) is 9.32 Å². The molecule has 0 atom stereocenters. The summed E-state index contributed by atoms with van der Waals surface area (Å²) in [5, 5.41) is 9.45. The molecular weight excluding hydrogens is 355 g/mol. The lowest BCUT2D eigenvalue weighted by Crippen LogP contribution is -2.09. The Hall–Kier alpha value is -0.930. The van der Waals surface area contributed by atoms with Gasteiger partial charge in [0.05, 0.1) is 19.8 Å². The summed E-state index contributed by atoms with van der Waals surface area (Å²) in [6, 6.07) is 4.12. The lowest BCUT2D eigenvalue weighted by atomic mass is 10.3. The molecule has 1 rings (SSSR count). The van der Waals surface area contributed by atoms with Crippen molar-refractivity contribution in [3.8, 4) is 11.5 Å². The fraction of sp³-hybridized carbons (Fsp3) is 0.455. The summed E-state index contributed by atoms with van der Waals surface area (Å²) >= 11 is -3.64. The first kappa shape index (κ1) is 15.1. The maximum atomic E-state index is 10.8. The van der Waals surface area contributed by atoms with E-state index in [9.17, 15) is 11.2 Å². The van der Waals surface area contributed by atoms with E-state index in [4.69, 9.17) is 14.2 Å². The van der Waals surface area contributed by atoms with E-state index < -0.39 is 19.8 Å². The number of phenols is 1. The lowest BCUT2D eigenvalue weighted by molar-refractivity contribution is 0.0544. The fourth-order valence-corrected chi connectivity index (χ4v) is 2.26. The maximum absolute atomic E-state index is 10.8. The molecule has 0 saturated carbocycles. The Morgan fingerprint density at radius 1 is 1.17 bits per heavy atom. The van der Waals surface area contributed by atoms with Crippen molar-refractivity contribution in [2.24, 2.45) is 0 Å². The van der Waals surface area contributed by atoms with Crippen molar-refractivity contribution in [2.45, 2.75) is 0 Å². The van der Waals surface area contributed by atoms with Gasteiger partial charge in [0.1, 0.15) is 21.7 Å². The van der Waals surface area contributed by atoms with Gasteiger partial charge < -0.3 is 19.3 Å². The van der Waals surface area contributed by atoms with Crippen LogP contribution in [0.4, 0.5) is 0 Å². The monoisotopic (exact) mass is 370 g/mol. The van der Waals surface area contributed by atoms with Crippen molar-refractivity contribution in [3.63, 3.8) is 0 Å². The standard InChI is InChI=1S/C11H15IO6/c1-16-4-5-17-6-7-18-9-2-3-10(12(14)15)11(13)8-9/h2-3,8,13H,4-7H2,1H3. The van der Waals surface area contributed by atoms with Crippen molar-refractivity contribution < 1.29 is 25.5 Å². The molecule has 0 aliphatic heterocycles. The molecule has 0 radical (unpaired) electrons. The lowest BCUT2D eigenvalue weighted by Gasteiger charge is -2.07. The van der Waals surface area contributed by atoms with E-state index in [0.29, 0.717) is 32.2 Å². The molecule has 7 heteroatoms. The zero-order chi connectivity index (χ0) is 13.4. The average molecular weight is 370 g/mol. The molecular formula is C11H15IO6. The van der Waals surface area contributed by atoms with Crippen LogP contribution in [0.1, 0.15) is 0 Å². The first-order valence-electron chi connectivity index (χ1n) is 5.23. The largest absolute Gasteiger partial charge is 0.507 e. The van der Waals surface area contributed by atoms with Crippen molar-refractivity contribution in [1.29, 1.82) is 0 Å². The van der Waals surface area contributed by atoms with E-state index in [0.717, 1.165) is 0 Å². The molecule has 102 valence electrons. The minimum atomic E-state index is -3.64. The molecule has 1 aromatic carbocycles. The van der Waals surface area contributed by atoms with E-state index in [1.807, 2.05) is 0 Å². The number of methoxy groups -OCH3 is 1. The quantitative estimate of drug-likeness (QED) is 0.555. The van der Waals surface area contributed by atoms with E-state index in [1.54, 1.807) is 7.11 Å². The van der Waals surface area contributed by atoms with Crippen LogP contribution in [-0.4, -0.2) is 38.6 Å². The third-order valence-electron chi connectivity index (χ3n) is 2.01. The number of phenolic OH excluding ortho intramolecular Hbond substituents is 1. The first-order valence-corrected chi connectivity index (χ1v) is 8.07. The summed E-state index contributed by atoms with van der Waals surface area (Å²) in [6.07, 6.45) is 0. The van der Waals surface area contributed by atoms with Gasteiger partial charge in [-0.05, 0) is 12.1 Å². The van der Waals surface area contributed by atoms with Crippen LogP contribution in [0.3, 0.4) is 0 Å². The Labute approximate surface area is 112 Å². The molecule has 0 bridgehead atoms. The maximum Gasteiger partial charge on any atom is 0.344 e. The highest BCUT2D eigenvalue weighted by molar-refractivity contribution is 14.2. The second-order valence-corrected chi connectivity index (χ2v) is 5.69. The molecule has 0 fully saturated rings. The second-order valence-electron chi connectivity index (χ2n) is 3.28. The van der Waals surface area contributed by atoms with Gasteiger partial charge in [0, 0.05) is 13.2 Å². The first-order chi connectivity index (χ1) is 8.65. The van der Waals surface area contributed by atoms with Gasteiger partial charge in [-0.2, -0.15) is 0 Å². The predicted molar refractivity (Wildman–Crippen MR) is 70.4 cm³/mol. The van der Waals surface area contributed by atoms with Gasteiger partial charge in [0.25, 0.3) is 0 Å². The van der Waals surface area contributed by atoms with Crippen molar-refractivity contribution in [1.82, 2.24) is 0 Å². The summed E-state index contributed by atoms with van der Waals surface area (Å²) in [7, 11) is 1.59. The van der Waals surface area contributed by atoms with Crippen LogP contribution in [0.15, 0.2) is 18.2 Å². The fourth-order valence-electron chi connectivity index (χ4n) is 1.18. The minimum Gasteiger partial charge on any atom is -0.507 e. The predicted octanol–water partition coefficient (Wildman–Crippen LogP) is 1.80. The zero-order valence-corrected chi connectivity index (χ0v) is 12.1. The minimum absolute atomic E-state index is 0.0251. The molecule has 0 spiro atoms. The Morgan fingerprint density at radius 2 is 1.89 bits per heavy atom. The number of hydrogen-bond donors (Lipinski definition) is 1. The van der Waals surface area contributed by atoms with E-state index in [2.05, 4.69) is 0 Å². The number of ether oxygens (including phenoxy) is 3. The summed E-state index contributed by atoms with van der Waals surface area (Å²) < 4.78 is 36.8. The van der Waals surface area contributed by atoms with Gasteiger partial charge >= 0.3 is 19.8 Å². The number of benzene rings is 1. The van der Waals surface area contributed by atoms with Gasteiger partial charge in [-0.3, -0.25) is 0 Å². The number of rotatable bonds is 8. The Kier molecular flexibility index (Phi) is 6.91. The van der Waals surface area contributed by atoms with Gasteiger partial charge in [-0.15, -0.1) is 0 Å². The molecule has 0 unspecified atom stereocenters. The van der Waals surface area contributed by atoms with Gasteiger partial charge in [-0.25, -0.2) is 6.14 Å². The number of hydrogen-bond acceptors (Lipinski definition) is 6. The average Bonchev–Trinajstić information content (AvgIpc) is 2.33. The topological polar surface area (TPSA) is 82.1 Å². The van der Waals surface area contributed by atoms with Crippen LogP contribution in [0.2, 0.25) is 0 Å². The molecule has 0 amide bonds. The molecule has 0 aromatic heterocycles. The molecule has 18 heavy (non-hydrogen) atoms. The molecule has 0 aliphatic rings. The van der Waals surface area contributed by atoms with Crippen LogP contribution >= 0.6 is 19.8 Å². The Balaban J connectivity index is 2.37. The highest BCUT2D eigenvalue weighted by Crippen LogP contribution is 2.30. The molecule has 0 heterocycles. The second kappa shape index (κ2) is 8.22. The van der Waals surface area contributed by atoms with Crippen LogP contribution in [0, 0.1) is 3.57 Å². The Morgan fingerprint density at radius 3 is 2.50 bits per heavy atom. The van der Waals surface area contributed by atoms with Crippen LogP contribution in [0.25, 0.3) is 0 Å². The van der Waals surface area contributed by atoms with Crippen LogP contribution < -0.4 is 4.74 Å². The smallest absolute Gasteiger partial charge is 0.344 e. The third-order valence-corrected chi connectivity index (χ3v) is 3.87. The van der Waals surface area contributed by atoms with E-state index in [1.165, 1.54) is 18.2 Å². The molecule has 6 nitrogen and oxygen atoms in total. The van der Waals surface area contributed by atoms with E-state index >= 15 is 0 Å². The zero-order valence-electron chi connectivity index (χ0n) is 9.93. The summed E-state index contributed by atoms with van der Waals surface area (Å²) in [5.74, 6) is 0.132. The van der Waals surface area contributed by atoms with Gasteiger partial charge in [0.15, 0.2) is 0 Å². The normalized spacial score (nSPS) is 10.8. The highest BCUT2D eigenvalue weighted by Gasteiger charge is 2.07. The molecule has 0 aliphatic carbocycles. The number of aromatic hydroxyl groups is 1. The van der Waals surface area contributed by atoms with Gasteiger partial charge in [-0.1, -0.05) is 0 Å². The van der Waals surface area contributed by atoms with Gasteiger partial charge in [0.2, 0.25) is 0 Å². The SMILES string of the molecule is COCCOCCOc1ccc(I(=O)=O)c(O)c1. The molecule has 1 aromatic rings.